The number of hydrogen-bond donors (Lipinski definition) is 1. The summed E-state index contributed by atoms with van der Waals surface area (Å²) in [6, 6.07) is 0.963. The minimum absolute atomic E-state index is 0.0343. The average molecular weight is 299 g/mol. The molecule has 1 aliphatic heterocycles. The monoisotopic (exact) mass is 299 g/mol. The smallest absolute Gasteiger partial charge is 0.285 e. The van der Waals surface area contributed by atoms with Crippen LogP contribution in [-0.4, -0.2) is 34.9 Å². The first-order valence-corrected chi connectivity index (χ1v) is 6.49. The molecule has 1 saturated heterocycles. The molecule has 0 aliphatic carbocycles. The lowest BCUT2D eigenvalue weighted by Crippen LogP contribution is -2.48. The van der Waals surface area contributed by atoms with Gasteiger partial charge in [0.15, 0.2) is 11.6 Å². The number of nitrogens with two attached hydrogens (primary N) is 1. The Morgan fingerprint density at radius 3 is 2.62 bits per heavy atom. The average Bonchev–Trinajstić information content (AvgIpc) is 2.43. The van der Waals surface area contributed by atoms with Gasteiger partial charge >= 0.3 is 0 Å². The Bertz CT molecular complexity index is 594. The van der Waals surface area contributed by atoms with E-state index < -0.39 is 33.7 Å². The number of hydrogen-bond acceptors (Lipinski definition) is 4. The van der Waals surface area contributed by atoms with Crippen LogP contribution in [-0.2, 0) is 0 Å². The van der Waals surface area contributed by atoms with Crippen LogP contribution in [0.3, 0.4) is 0 Å². The molecule has 1 fully saturated rings. The highest BCUT2D eigenvalue weighted by Crippen LogP contribution is 2.25. The summed E-state index contributed by atoms with van der Waals surface area (Å²) in [4.78, 5) is 23.7. The number of piperidine rings is 1. The van der Waals surface area contributed by atoms with Gasteiger partial charge in [-0.15, -0.1) is 0 Å². The molecule has 2 N–H and O–H groups in total. The third kappa shape index (κ3) is 2.99. The molecule has 0 saturated carbocycles. The number of amides is 1. The van der Waals surface area contributed by atoms with Gasteiger partial charge in [-0.25, -0.2) is 8.78 Å². The van der Waals surface area contributed by atoms with E-state index in [1.54, 1.807) is 0 Å². The van der Waals surface area contributed by atoms with Gasteiger partial charge in [0.1, 0.15) is 5.56 Å². The second-order valence-corrected chi connectivity index (χ2v) is 5.22. The standard InChI is InChI=1S/C13H15F2N3O3/c1-7-6-17(3-2-11(7)16)13(19)8-4-9(14)10(15)5-12(8)18(20)21/h4-5,7,11H,2-3,6,16H2,1H3. The van der Waals surface area contributed by atoms with Crippen LogP contribution in [0.15, 0.2) is 12.1 Å². The van der Waals surface area contributed by atoms with Crippen molar-refractivity contribution in [1.82, 2.24) is 4.90 Å². The van der Waals surface area contributed by atoms with Gasteiger partial charge in [-0.3, -0.25) is 14.9 Å². The predicted octanol–water partition coefficient (Wildman–Crippen LogP) is 1.68. The number of likely N-dealkylation sites (tertiary alicyclic amines) is 1. The molecule has 21 heavy (non-hydrogen) atoms. The van der Waals surface area contributed by atoms with Gasteiger partial charge in [-0.2, -0.15) is 0 Å². The maximum Gasteiger partial charge on any atom is 0.285 e. The molecule has 2 unspecified atom stereocenters. The van der Waals surface area contributed by atoms with Gasteiger partial charge < -0.3 is 10.6 Å². The molecule has 1 amide bonds. The molecule has 1 aromatic carbocycles. The lowest BCUT2D eigenvalue weighted by atomic mass is 9.94. The molecule has 1 heterocycles. The van der Waals surface area contributed by atoms with Crippen LogP contribution < -0.4 is 5.73 Å². The fraction of sp³-hybridized carbons (Fsp3) is 0.462. The van der Waals surface area contributed by atoms with Crippen molar-refractivity contribution in [3.8, 4) is 0 Å². The van der Waals surface area contributed by atoms with Gasteiger partial charge in [0.05, 0.1) is 11.0 Å². The zero-order valence-corrected chi connectivity index (χ0v) is 11.4. The number of carbonyl (C=O) groups excluding carboxylic acids is 1. The molecule has 2 atom stereocenters. The summed E-state index contributed by atoms with van der Waals surface area (Å²) in [5, 5.41) is 10.9. The zero-order chi connectivity index (χ0) is 15.7. The second kappa shape index (κ2) is 5.72. The number of nitro benzene ring substituents is 1. The highest BCUT2D eigenvalue weighted by Gasteiger charge is 2.31. The van der Waals surface area contributed by atoms with E-state index in [0.29, 0.717) is 31.6 Å². The van der Waals surface area contributed by atoms with Gasteiger partial charge in [0, 0.05) is 19.1 Å². The number of nitrogens with zero attached hydrogens (tertiary/aromatic N) is 2. The van der Waals surface area contributed by atoms with Crippen LogP contribution >= 0.6 is 0 Å². The number of nitro groups is 1. The van der Waals surface area contributed by atoms with E-state index >= 15 is 0 Å². The van der Waals surface area contributed by atoms with Crippen LogP contribution in [0.2, 0.25) is 0 Å². The Morgan fingerprint density at radius 2 is 2.05 bits per heavy atom. The maximum absolute atomic E-state index is 13.3. The molecule has 0 radical (unpaired) electrons. The quantitative estimate of drug-likeness (QED) is 0.664. The van der Waals surface area contributed by atoms with E-state index in [1.807, 2.05) is 6.92 Å². The number of rotatable bonds is 2. The van der Waals surface area contributed by atoms with Crippen molar-refractivity contribution in [2.24, 2.45) is 11.7 Å². The summed E-state index contributed by atoms with van der Waals surface area (Å²) in [5.41, 5.74) is 4.67. The molecule has 114 valence electrons. The molecule has 2 rings (SSSR count). The van der Waals surface area contributed by atoms with Gasteiger partial charge in [0.25, 0.3) is 11.6 Å². The topological polar surface area (TPSA) is 89.5 Å². The van der Waals surface area contributed by atoms with E-state index in [9.17, 15) is 23.7 Å². The second-order valence-electron chi connectivity index (χ2n) is 5.22. The normalized spacial score (nSPS) is 22.2. The predicted molar refractivity (Wildman–Crippen MR) is 70.7 cm³/mol. The lowest BCUT2D eigenvalue weighted by molar-refractivity contribution is -0.385. The van der Waals surface area contributed by atoms with Crippen LogP contribution in [0.1, 0.15) is 23.7 Å². The van der Waals surface area contributed by atoms with Crippen molar-refractivity contribution in [3.05, 3.63) is 39.4 Å². The van der Waals surface area contributed by atoms with E-state index in [1.165, 1.54) is 4.90 Å². The molecule has 1 aliphatic rings. The lowest BCUT2D eigenvalue weighted by Gasteiger charge is -2.35. The summed E-state index contributed by atoms with van der Waals surface area (Å²) >= 11 is 0. The fourth-order valence-corrected chi connectivity index (χ4v) is 2.38. The Morgan fingerprint density at radius 1 is 1.43 bits per heavy atom. The SMILES string of the molecule is CC1CN(C(=O)c2cc(F)c(F)cc2[N+](=O)[O-])CCC1N. The first kappa shape index (κ1) is 15.3. The summed E-state index contributed by atoms with van der Waals surface area (Å²) in [7, 11) is 0. The van der Waals surface area contributed by atoms with Crippen molar-refractivity contribution < 1.29 is 18.5 Å². The third-order valence-corrected chi connectivity index (χ3v) is 3.72. The van der Waals surface area contributed by atoms with E-state index in [2.05, 4.69) is 0 Å². The Hall–Kier alpha value is -2.09. The summed E-state index contributed by atoms with van der Waals surface area (Å²) in [5.74, 6) is -3.29. The van der Waals surface area contributed by atoms with Crippen LogP contribution in [0.25, 0.3) is 0 Å². The molecule has 1 aromatic rings. The van der Waals surface area contributed by atoms with E-state index in [-0.39, 0.29) is 12.0 Å². The van der Waals surface area contributed by atoms with Crippen LogP contribution in [0.4, 0.5) is 14.5 Å². The highest BCUT2D eigenvalue weighted by molar-refractivity contribution is 5.98. The van der Waals surface area contributed by atoms with Crippen molar-refractivity contribution in [3.63, 3.8) is 0 Å². The Labute approximate surface area is 119 Å². The molecular formula is C13H15F2N3O3. The molecule has 0 aromatic heterocycles. The number of halogens is 2. The van der Waals surface area contributed by atoms with Crippen molar-refractivity contribution in [1.29, 1.82) is 0 Å². The largest absolute Gasteiger partial charge is 0.338 e. The molecule has 6 nitrogen and oxygen atoms in total. The van der Waals surface area contributed by atoms with Gasteiger partial charge in [0.2, 0.25) is 0 Å². The van der Waals surface area contributed by atoms with Crippen molar-refractivity contribution in [2.45, 2.75) is 19.4 Å². The minimum atomic E-state index is -1.35. The molecule has 0 spiro atoms. The first-order valence-electron chi connectivity index (χ1n) is 6.49. The van der Waals surface area contributed by atoms with Crippen LogP contribution in [0, 0.1) is 27.7 Å². The molecule has 0 bridgehead atoms. The maximum atomic E-state index is 13.3. The summed E-state index contributed by atoms with van der Waals surface area (Å²) in [6.45, 7) is 2.53. The number of carbonyl (C=O) groups is 1. The molecular weight excluding hydrogens is 284 g/mol. The highest BCUT2D eigenvalue weighted by atomic mass is 19.2. The zero-order valence-electron chi connectivity index (χ0n) is 11.4. The van der Waals surface area contributed by atoms with Gasteiger partial charge in [-0.1, -0.05) is 6.92 Å². The summed E-state index contributed by atoms with van der Waals surface area (Å²) < 4.78 is 26.4. The first-order chi connectivity index (χ1) is 9.81. The Kier molecular flexibility index (Phi) is 4.17. The van der Waals surface area contributed by atoms with Crippen molar-refractivity contribution in [2.75, 3.05) is 13.1 Å². The Balaban J connectivity index is 2.35. The van der Waals surface area contributed by atoms with Crippen molar-refractivity contribution >= 4 is 11.6 Å². The van der Waals surface area contributed by atoms with Crippen LogP contribution in [0.5, 0.6) is 0 Å². The summed E-state index contributed by atoms with van der Waals surface area (Å²) in [6.07, 6.45) is 0.560. The third-order valence-electron chi connectivity index (χ3n) is 3.72. The minimum Gasteiger partial charge on any atom is -0.338 e. The van der Waals surface area contributed by atoms with E-state index in [4.69, 9.17) is 5.73 Å². The molecule has 8 heteroatoms. The number of benzene rings is 1. The van der Waals surface area contributed by atoms with E-state index in [0.717, 1.165) is 0 Å². The van der Waals surface area contributed by atoms with Gasteiger partial charge in [-0.05, 0) is 18.4 Å². The fourth-order valence-electron chi connectivity index (χ4n) is 2.38.